The Morgan fingerprint density at radius 1 is 1.33 bits per heavy atom. The molecular weight excluding hydrogens is 315 g/mol. The summed E-state index contributed by atoms with van der Waals surface area (Å²) >= 11 is 0. The van der Waals surface area contributed by atoms with Crippen molar-refractivity contribution in [3.63, 3.8) is 0 Å². The van der Waals surface area contributed by atoms with Crippen molar-refractivity contribution < 1.29 is 18.3 Å². The van der Waals surface area contributed by atoms with Crippen molar-refractivity contribution in [2.45, 2.75) is 19.4 Å². The van der Waals surface area contributed by atoms with Crippen LogP contribution in [0.15, 0.2) is 45.6 Å². The van der Waals surface area contributed by atoms with E-state index >= 15 is 0 Å². The minimum absolute atomic E-state index is 0.190. The molecule has 0 spiro atoms. The van der Waals surface area contributed by atoms with Crippen LogP contribution < -0.4 is 15.7 Å². The number of rotatable bonds is 3. The average Bonchev–Trinajstić information content (AvgIpc) is 2.97. The van der Waals surface area contributed by atoms with Crippen molar-refractivity contribution >= 4 is 11.7 Å². The third kappa shape index (κ3) is 3.92. The Labute approximate surface area is 137 Å². The predicted octanol–water partition coefficient (Wildman–Crippen LogP) is 2.77. The monoisotopic (exact) mass is 332 g/mol. The lowest BCUT2D eigenvalue weighted by Crippen LogP contribution is -2.34. The highest BCUT2D eigenvalue weighted by molar-refractivity contribution is 5.89. The van der Waals surface area contributed by atoms with Gasteiger partial charge >= 0.3 is 11.7 Å². The molecule has 2 amide bonds. The Balaban J connectivity index is 1.57. The van der Waals surface area contributed by atoms with E-state index in [1.54, 1.807) is 17.9 Å². The lowest BCUT2D eigenvalue weighted by atomic mass is 10.3. The van der Waals surface area contributed by atoms with Gasteiger partial charge in [-0.1, -0.05) is 0 Å². The molecule has 1 aromatic carbocycles. The molecule has 2 aromatic rings. The Morgan fingerprint density at radius 3 is 2.79 bits per heavy atom. The van der Waals surface area contributed by atoms with Gasteiger partial charge in [0.2, 0.25) is 0 Å². The van der Waals surface area contributed by atoms with Gasteiger partial charge in [-0.05, 0) is 31.2 Å². The van der Waals surface area contributed by atoms with E-state index in [2.05, 4.69) is 5.32 Å². The molecule has 0 unspecified atom stereocenters. The van der Waals surface area contributed by atoms with Crippen molar-refractivity contribution in [3.8, 4) is 5.75 Å². The molecule has 24 heavy (non-hydrogen) atoms. The number of likely N-dealkylation sites (tertiary alicyclic amines) is 1. The molecule has 1 N–H and O–H groups in total. The van der Waals surface area contributed by atoms with Crippen molar-refractivity contribution in [2.75, 3.05) is 18.4 Å². The number of amides is 2. The second-order valence-electron chi connectivity index (χ2n) is 5.63. The van der Waals surface area contributed by atoms with Gasteiger partial charge in [-0.3, -0.25) is 0 Å². The Morgan fingerprint density at radius 2 is 2.08 bits per heavy atom. The highest BCUT2D eigenvalue weighted by atomic mass is 19.1. The highest BCUT2D eigenvalue weighted by Gasteiger charge is 2.27. The zero-order valence-electron chi connectivity index (χ0n) is 13.1. The van der Waals surface area contributed by atoms with Gasteiger partial charge in [0.1, 0.15) is 23.4 Å². The molecule has 1 saturated heterocycles. The number of hydrogen-bond donors (Lipinski definition) is 1. The first-order chi connectivity index (χ1) is 11.5. The van der Waals surface area contributed by atoms with Crippen LogP contribution in [-0.2, 0) is 0 Å². The first kappa shape index (κ1) is 16.0. The maximum absolute atomic E-state index is 12.9. The first-order valence-corrected chi connectivity index (χ1v) is 7.59. The molecule has 1 aliphatic rings. The summed E-state index contributed by atoms with van der Waals surface area (Å²) in [5, 5.41) is 2.71. The van der Waals surface area contributed by atoms with Gasteiger partial charge in [0.15, 0.2) is 0 Å². The fraction of sp³-hybridized carbons (Fsp3) is 0.294. The maximum Gasteiger partial charge on any atom is 0.339 e. The fourth-order valence-corrected chi connectivity index (χ4v) is 2.58. The van der Waals surface area contributed by atoms with Crippen LogP contribution in [0.4, 0.5) is 14.9 Å². The number of aryl methyl sites for hydroxylation is 1. The van der Waals surface area contributed by atoms with E-state index in [-0.39, 0.29) is 18.0 Å². The number of urea groups is 1. The van der Waals surface area contributed by atoms with Crippen LogP contribution in [0.1, 0.15) is 12.2 Å². The normalized spacial score (nSPS) is 16.9. The molecule has 6 nitrogen and oxygen atoms in total. The van der Waals surface area contributed by atoms with Crippen LogP contribution in [0.5, 0.6) is 5.75 Å². The van der Waals surface area contributed by atoms with Gasteiger partial charge in [-0.15, -0.1) is 0 Å². The molecule has 1 aromatic heterocycles. The van der Waals surface area contributed by atoms with Crippen molar-refractivity contribution in [1.82, 2.24) is 4.90 Å². The average molecular weight is 332 g/mol. The molecule has 0 saturated carbocycles. The molecule has 1 fully saturated rings. The van der Waals surface area contributed by atoms with E-state index < -0.39 is 5.63 Å². The topological polar surface area (TPSA) is 71.8 Å². The van der Waals surface area contributed by atoms with Gasteiger partial charge in [0, 0.05) is 24.7 Å². The number of nitrogens with one attached hydrogen (secondary N) is 1. The summed E-state index contributed by atoms with van der Waals surface area (Å²) in [5.41, 5.74) is 0.0657. The van der Waals surface area contributed by atoms with Gasteiger partial charge < -0.3 is 19.4 Å². The number of ether oxygens (including phenoxy) is 1. The maximum atomic E-state index is 12.9. The van der Waals surface area contributed by atoms with E-state index in [0.717, 1.165) is 0 Å². The minimum Gasteiger partial charge on any atom is -0.488 e. The van der Waals surface area contributed by atoms with E-state index in [1.165, 1.54) is 30.3 Å². The van der Waals surface area contributed by atoms with Gasteiger partial charge in [-0.2, -0.15) is 0 Å². The summed E-state index contributed by atoms with van der Waals surface area (Å²) in [7, 11) is 0. The van der Waals surface area contributed by atoms with Gasteiger partial charge in [0.25, 0.3) is 0 Å². The summed E-state index contributed by atoms with van der Waals surface area (Å²) in [5.74, 6) is 0.557. The van der Waals surface area contributed by atoms with Crippen molar-refractivity contribution in [3.05, 3.63) is 58.4 Å². The smallest absolute Gasteiger partial charge is 0.339 e. The van der Waals surface area contributed by atoms with Crippen molar-refractivity contribution in [2.24, 2.45) is 0 Å². The second kappa shape index (κ2) is 6.74. The largest absolute Gasteiger partial charge is 0.488 e. The van der Waals surface area contributed by atoms with E-state index in [1.807, 2.05) is 0 Å². The number of anilines is 1. The number of benzene rings is 1. The van der Waals surface area contributed by atoms with Crippen LogP contribution in [0.2, 0.25) is 0 Å². The zero-order valence-corrected chi connectivity index (χ0v) is 13.1. The summed E-state index contributed by atoms with van der Waals surface area (Å²) in [6.45, 7) is 2.62. The standard InChI is InChI=1S/C17H17FN2O4/c1-11-8-15(9-16(21)23-11)24-14-6-7-20(10-14)17(22)19-13-4-2-12(18)3-5-13/h2-5,8-9,14H,6-7,10H2,1H3,(H,19,22)/t14-/m1/s1. The van der Waals surface area contributed by atoms with E-state index in [4.69, 9.17) is 9.15 Å². The van der Waals surface area contributed by atoms with Crippen LogP contribution in [0.3, 0.4) is 0 Å². The fourth-order valence-electron chi connectivity index (χ4n) is 2.58. The summed E-state index contributed by atoms with van der Waals surface area (Å²) in [6.07, 6.45) is 0.473. The Kier molecular flexibility index (Phi) is 4.50. The van der Waals surface area contributed by atoms with Crippen LogP contribution in [0, 0.1) is 12.7 Å². The van der Waals surface area contributed by atoms with Crippen LogP contribution >= 0.6 is 0 Å². The predicted molar refractivity (Wildman–Crippen MR) is 85.7 cm³/mol. The summed E-state index contributed by atoms with van der Waals surface area (Å²) < 4.78 is 23.5. The molecule has 126 valence electrons. The SMILES string of the molecule is Cc1cc(O[C@@H]2CCN(C(=O)Nc3ccc(F)cc3)C2)cc(=O)o1. The Hall–Kier alpha value is -2.83. The molecule has 2 heterocycles. The first-order valence-electron chi connectivity index (χ1n) is 7.59. The summed E-state index contributed by atoms with van der Waals surface area (Å²) in [6, 6.07) is 8.24. The molecule has 0 bridgehead atoms. The number of carbonyl (C=O) groups excluding carboxylic acids is 1. The second-order valence-corrected chi connectivity index (χ2v) is 5.63. The van der Waals surface area contributed by atoms with Gasteiger partial charge in [-0.25, -0.2) is 14.0 Å². The highest BCUT2D eigenvalue weighted by Crippen LogP contribution is 2.19. The number of hydrogen-bond acceptors (Lipinski definition) is 4. The van der Waals surface area contributed by atoms with Crippen LogP contribution in [0.25, 0.3) is 0 Å². The minimum atomic E-state index is -0.464. The summed E-state index contributed by atoms with van der Waals surface area (Å²) in [4.78, 5) is 25.2. The van der Waals surface area contributed by atoms with Gasteiger partial charge in [0.05, 0.1) is 12.6 Å². The molecule has 7 heteroatoms. The quantitative estimate of drug-likeness (QED) is 0.938. The lowest BCUT2D eigenvalue weighted by Gasteiger charge is -2.18. The van der Waals surface area contributed by atoms with Crippen LogP contribution in [-0.4, -0.2) is 30.1 Å². The molecule has 1 atom stereocenters. The van der Waals surface area contributed by atoms with E-state index in [9.17, 15) is 14.0 Å². The number of halogens is 1. The van der Waals surface area contributed by atoms with E-state index in [0.29, 0.717) is 36.7 Å². The molecule has 3 rings (SSSR count). The third-order valence-electron chi connectivity index (χ3n) is 3.70. The molecule has 1 aliphatic heterocycles. The van der Waals surface area contributed by atoms with Crippen molar-refractivity contribution in [1.29, 1.82) is 0 Å². The Bertz CT molecular complexity index is 788. The third-order valence-corrected chi connectivity index (χ3v) is 3.70. The number of carbonyl (C=O) groups is 1. The number of nitrogens with zero attached hydrogens (tertiary/aromatic N) is 1. The lowest BCUT2D eigenvalue weighted by molar-refractivity contribution is 0.193. The zero-order chi connectivity index (χ0) is 17.1. The molecular formula is C17H17FN2O4. The molecule has 0 radical (unpaired) electrons. The molecule has 0 aliphatic carbocycles.